The Bertz CT molecular complexity index is 822. The van der Waals surface area contributed by atoms with E-state index in [1.165, 1.54) is 0 Å². The Morgan fingerprint density at radius 2 is 1.92 bits per heavy atom. The van der Waals surface area contributed by atoms with Gasteiger partial charge in [0.1, 0.15) is 12.4 Å². The Morgan fingerprint density at radius 1 is 1.17 bits per heavy atom. The number of nitrogens with two attached hydrogens (primary N) is 1. The number of benzene rings is 2. The van der Waals surface area contributed by atoms with Crippen LogP contribution >= 0.6 is 0 Å². The van der Waals surface area contributed by atoms with E-state index in [2.05, 4.69) is 32.1 Å². The van der Waals surface area contributed by atoms with Crippen molar-refractivity contribution in [2.75, 3.05) is 5.73 Å². The van der Waals surface area contributed by atoms with Crippen LogP contribution in [0, 0.1) is 6.92 Å². The number of hydrogen-bond acceptors (Lipinski definition) is 3. The average Bonchev–Trinajstić information content (AvgIpc) is 3.05. The Morgan fingerprint density at radius 3 is 2.58 bits per heavy atom. The van der Waals surface area contributed by atoms with Crippen molar-refractivity contribution < 1.29 is 4.74 Å². The van der Waals surface area contributed by atoms with E-state index in [1.807, 2.05) is 53.3 Å². The molecule has 0 fully saturated rings. The lowest BCUT2D eigenvalue weighted by Gasteiger charge is -2.13. The summed E-state index contributed by atoms with van der Waals surface area (Å²) in [7, 11) is 0. The predicted molar refractivity (Wildman–Crippen MR) is 98.0 cm³/mol. The summed E-state index contributed by atoms with van der Waals surface area (Å²) in [4.78, 5) is 0. The predicted octanol–water partition coefficient (Wildman–Crippen LogP) is 4.60. The van der Waals surface area contributed by atoms with Crippen molar-refractivity contribution in [1.82, 2.24) is 9.78 Å². The molecular weight excluding hydrogens is 298 g/mol. The summed E-state index contributed by atoms with van der Waals surface area (Å²) in [6.07, 6.45) is 3.95. The van der Waals surface area contributed by atoms with Crippen LogP contribution in [0.4, 0.5) is 5.69 Å². The molecule has 2 N–H and O–H groups in total. The molecular formula is C20H23N3O. The van der Waals surface area contributed by atoms with Crippen LogP contribution in [0.15, 0.2) is 54.9 Å². The van der Waals surface area contributed by atoms with Crippen LogP contribution < -0.4 is 10.5 Å². The van der Waals surface area contributed by atoms with Gasteiger partial charge in [0, 0.05) is 17.8 Å². The number of aromatic nitrogens is 2. The molecule has 4 nitrogen and oxygen atoms in total. The van der Waals surface area contributed by atoms with Crippen LogP contribution in [-0.4, -0.2) is 9.78 Å². The zero-order chi connectivity index (χ0) is 17.1. The van der Waals surface area contributed by atoms with Gasteiger partial charge >= 0.3 is 0 Å². The molecule has 0 aliphatic heterocycles. The van der Waals surface area contributed by atoms with E-state index >= 15 is 0 Å². The standard InChI is InChI=1S/C20H23N3O/c1-14(2)23-12-17(11-22-23)18-10-20(19(21)9-15(18)3)24-13-16-7-5-4-6-8-16/h4-12,14H,13,21H2,1-3H3. The fourth-order valence-corrected chi connectivity index (χ4v) is 2.64. The largest absolute Gasteiger partial charge is 0.487 e. The number of rotatable bonds is 5. The van der Waals surface area contributed by atoms with E-state index in [9.17, 15) is 0 Å². The van der Waals surface area contributed by atoms with Crippen LogP contribution in [-0.2, 0) is 6.61 Å². The van der Waals surface area contributed by atoms with Gasteiger partial charge in [0.25, 0.3) is 0 Å². The minimum absolute atomic E-state index is 0.335. The Labute approximate surface area is 142 Å². The van der Waals surface area contributed by atoms with Gasteiger partial charge in [-0.15, -0.1) is 0 Å². The number of ether oxygens (including phenoxy) is 1. The molecule has 0 unspecified atom stereocenters. The molecule has 0 saturated carbocycles. The summed E-state index contributed by atoms with van der Waals surface area (Å²) in [6, 6.07) is 14.4. The number of nitrogens with zero attached hydrogens (tertiary/aromatic N) is 2. The zero-order valence-electron chi connectivity index (χ0n) is 14.4. The minimum Gasteiger partial charge on any atom is -0.487 e. The molecule has 24 heavy (non-hydrogen) atoms. The summed E-state index contributed by atoms with van der Waals surface area (Å²) in [5, 5.41) is 4.42. The molecule has 0 spiro atoms. The van der Waals surface area contributed by atoms with Crippen LogP contribution in [0.25, 0.3) is 11.1 Å². The number of anilines is 1. The molecule has 3 rings (SSSR count). The monoisotopic (exact) mass is 321 g/mol. The normalized spacial score (nSPS) is 11.0. The van der Waals surface area contributed by atoms with Crippen molar-refractivity contribution in [3.8, 4) is 16.9 Å². The second-order valence-electron chi connectivity index (χ2n) is 6.28. The third-order valence-corrected chi connectivity index (χ3v) is 4.04. The van der Waals surface area contributed by atoms with E-state index in [0.717, 1.165) is 22.3 Å². The first-order chi connectivity index (χ1) is 11.5. The van der Waals surface area contributed by atoms with Gasteiger partial charge in [-0.3, -0.25) is 4.68 Å². The van der Waals surface area contributed by atoms with Gasteiger partial charge in [0.2, 0.25) is 0 Å². The molecule has 2 aromatic carbocycles. The topological polar surface area (TPSA) is 53.1 Å². The van der Waals surface area contributed by atoms with Crippen molar-refractivity contribution in [2.45, 2.75) is 33.4 Å². The number of nitrogen functional groups attached to an aromatic ring is 1. The summed E-state index contributed by atoms with van der Waals surface area (Å²) < 4.78 is 7.90. The number of hydrogen-bond donors (Lipinski definition) is 1. The smallest absolute Gasteiger partial charge is 0.143 e. The second-order valence-corrected chi connectivity index (χ2v) is 6.28. The van der Waals surface area contributed by atoms with Crippen LogP contribution in [0.3, 0.4) is 0 Å². The molecule has 0 aliphatic rings. The lowest BCUT2D eigenvalue weighted by Crippen LogP contribution is -2.00. The molecule has 0 saturated heterocycles. The van der Waals surface area contributed by atoms with Gasteiger partial charge in [-0.25, -0.2) is 0 Å². The second kappa shape index (κ2) is 6.79. The van der Waals surface area contributed by atoms with Crippen molar-refractivity contribution in [1.29, 1.82) is 0 Å². The molecule has 0 radical (unpaired) electrons. The third-order valence-electron chi connectivity index (χ3n) is 4.04. The lowest BCUT2D eigenvalue weighted by molar-refractivity contribution is 0.308. The highest BCUT2D eigenvalue weighted by molar-refractivity contribution is 5.72. The van der Waals surface area contributed by atoms with Gasteiger partial charge in [-0.1, -0.05) is 30.3 Å². The highest BCUT2D eigenvalue weighted by Crippen LogP contribution is 2.33. The molecule has 1 heterocycles. The Kier molecular flexibility index (Phi) is 4.56. The van der Waals surface area contributed by atoms with Crippen LogP contribution in [0.5, 0.6) is 5.75 Å². The summed E-state index contributed by atoms with van der Waals surface area (Å²) >= 11 is 0. The van der Waals surface area contributed by atoms with Crippen molar-refractivity contribution in [3.63, 3.8) is 0 Å². The molecule has 0 aliphatic carbocycles. The van der Waals surface area contributed by atoms with Crippen molar-refractivity contribution in [2.24, 2.45) is 0 Å². The quantitative estimate of drug-likeness (QED) is 0.699. The van der Waals surface area contributed by atoms with Gasteiger partial charge in [0.05, 0.1) is 11.9 Å². The maximum absolute atomic E-state index is 6.14. The average molecular weight is 321 g/mol. The lowest BCUT2D eigenvalue weighted by atomic mass is 10.0. The van der Waals surface area contributed by atoms with Gasteiger partial charge < -0.3 is 10.5 Å². The first-order valence-corrected chi connectivity index (χ1v) is 8.16. The summed E-state index contributed by atoms with van der Waals surface area (Å²) in [5.74, 6) is 0.705. The summed E-state index contributed by atoms with van der Waals surface area (Å²) in [6.45, 7) is 6.78. The van der Waals surface area contributed by atoms with Crippen molar-refractivity contribution >= 4 is 5.69 Å². The highest BCUT2D eigenvalue weighted by Gasteiger charge is 2.11. The van der Waals surface area contributed by atoms with E-state index in [4.69, 9.17) is 10.5 Å². The first-order valence-electron chi connectivity index (χ1n) is 8.16. The third kappa shape index (κ3) is 3.43. The molecule has 3 aromatic rings. The van der Waals surface area contributed by atoms with E-state index in [1.54, 1.807) is 0 Å². The molecule has 0 amide bonds. The first kappa shape index (κ1) is 16.1. The Balaban J connectivity index is 1.87. The van der Waals surface area contributed by atoms with E-state index < -0.39 is 0 Å². The Hall–Kier alpha value is -2.75. The van der Waals surface area contributed by atoms with Gasteiger partial charge in [0.15, 0.2) is 0 Å². The SMILES string of the molecule is Cc1cc(N)c(OCc2ccccc2)cc1-c1cnn(C(C)C)c1. The fourth-order valence-electron chi connectivity index (χ4n) is 2.64. The maximum Gasteiger partial charge on any atom is 0.143 e. The van der Waals surface area contributed by atoms with Crippen molar-refractivity contribution in [3.05, 3.63) is 66.0 Å². The van der Waals surface area contributed by atoms with E-state index in [0.29, 0.717) is 24.1 Å². The fraction of sp³-hybridized carbons (Fsp3) is 0.250. The van der Waals surface area contributed by atoms with E-state index in [-0.39, 0.29) is 0 Å². The van der Waals surface area contributed by atoms with Gasteiger partial charge in [-0.05, 0) is 49.6 Å². The summed E-state index contributed by atoms with van der Waals surface area (Å²) in [5.41, 5.74) is 11.2. The van der Waals surface area contributed by atoms with Gasteiger partial charge in [-0.2, -0.15) is 5.10 Å². The zero-order valence-corrected chi connectivity index (χ0v) is 14.4. The molecule has 0 atom stereocenters. The highest BCUT2D eigenvalue weighted by atomic mass is 16.5. The molecule has 124 valence electrons. The minimum atomic E-state index is 0.335. The molecule has 1 aromatic heterocycles. The maximum atomic E-state index is 6.14. The van der Waals surface area contributed by atoms with Crippen LogP contribution in [0.2, 0.25) is 0 Å². The molecule has 4 heteroatoms. The molecule has 0 bridgehead atoms. The number of aryl methyl sites for hydroxylation is 1. The van der Waals surface area contributed by atoms with Crippen LogP contribution in [0.1, 0.15) is 31.0 Å².